The van der Waals surface area contributed by atoms with Gasteiger partial charge in [-0.2, -0.15) is 23.0 Å². The first-order valence-electron chi connectivity index (χ1n) is 9.79. The Kier molecular flexibility index (Phi) is 4.66. The van der Waals surface area contributed by atoms with Gasteiger partial charge in [0.2, 0.25) is 5.88 Å². The third kappa shape index (κ3) is 3.33. The Morgan fingerprint density at radius 2 is 1.74 bits per heavy atom. The summed E-state index contributed by atoms with van der Waals surface area (Å²) in [7, 11) is 0. The molecule has 5 rings (SSSR count). The topological polar surface area (TPSA) is 44.1 Å². The lowest BCUT2D eigenvalue weighted by molar-refractivity contribution is -0.142. The Labute approximate surface area is 180 Å². The second kappa shape index (κ2) is 7.27. The zero-order chi connectivity index (χ0) is 21.8. The average molecular weight is 445 g/mol. The van der Waals surface area contributed by atoms with Crippen LogP contribution in [0.5, 0.6) is 5.88 Å². The molecule has 1 atom stereocenters. The molecule has 2 aromatic carbocycles. The van der Waals surface area contributed by atoms with E-state index < -0.39 is 17.8 Å². The summed E-state index contributed by atoms with van der Waals surface area (Å²) >= 11 is 6.00. The molecule has 0 amide bonds. The third-order valence-corrected chi connectivity index (χ3v) is 5.81. The Morgan fingerprint density at radius 3 is 2.42 bits per heavy atom. The fourth-order valence-electron chi connectivity index (χ4n) is 4.24. The molecule has 0 radical (unpaired) electrons. The van der Waals surface area contributed by atoms with Gasteiger partial charge in [-0.05, 0) is 36.2 Å². The maximum atomic E-state index is 14.1. The first-order chi connectivity index (χ1) is 14.8. The molecule has 1 aliphatic heterocycles. The second-order valence-electron chi connectivity index (χ2n) is 7.51. The summed E-state index contributed by atoms with van der Waals surface area (Å²) in [6.45, 7) is 0. The van der Waals surface area contributed by atoms with E-state index in [1.807, 2.05) is 0 Å². The molecule has 2 heterocycles. The van der Waals surface area contributed by atoms with Crippen molar-refractivity contribution in [2.24, 2.45) is 0 Å². The van der Waals surface area contributed by atoms with Crippen LogP contribution in [0.15, 0.2) is 65.9 Å². The first kappa shape index (κ1) is 19.9. The maximum Gasteiger partial charge on any atom is 0.435 e. The lowest BCUT2D eigenvalue weighted by Gasteiger charge is -2.31. The summed E-state index contributed by atoms with van der Waals surface area (Å²) in [5, 5.41) is 4.37. The lowest BCUT2D eigenvalue weighted by Crippen LogP contribution is -2.27. The van der Waals surface area contributed by atoms with E-state index in [9.17, 15) is 18.0 Å². The lowest BCUT2D eigenvalue weighted by atomic mass is 9.77. The number of aromatic nitrogens is 2. The van der Waals surface area contributed by atoms with E-state index in [0.717, 1.165) is 0 Å². The number of ether oxygens (including phenoxy) is 1. The zero-order valence-electron chi connectivity index (χ0n) is 16.1. The molecular formula is C23H16ClF3N2O2. The molecule has 2 aliphatic rings. The number of fused-ring (bicyclic) bond motifs is 1. The summed E-state index contributed by atoms with van der Waals surface area (Å²) in [4.78, 5) is 12.9. The number of carbonyl (C=O) groups excluding carboxylic acids is 1. The number of ketones is 1. The highest BCUT2D eigenvalue weighted by atomic mass is 35.5. The second-order valence-corrected chi connectivity index (χ2v) is 7.95. The molecule has 0 saturated carbocycles. The van der Waals surface area contributed by atoms with Gasteiger partial charge >= 0.3 is 6.18 Å². The third-order valence-electron chi connectivity index (χ3n) is 5.56. The van der Waals surface area contributed by atoms with Crippen LogP contribution in [0.4, 0.5) is 13.2 Å². The Balaban J connectivity index is 1.82. The van der Waals surface area contributed by atoms with Crippen LogP contribution in [-0.4, -0.2) is 15.6 Å². The van der Waals surface area contributed by atoms with E-state index in [1.165, 1.54) is 4.68 Å². The molecule has 0 N–H and O–H groups in total. The molecule has 1 unspecified atom stereocenters. The van der Waals surface area contributed by atoms with Crippen molar-refractivity contribution < 1.29 is 22.7 Å². The van der Waals surface area contributed by atoms with E-state index in [1.54, 1.807) is 54.6 Å². The standard InChI is InChI=1S/C23H16ClF3N2O2/c24-14-11-9-13(10-12-14)18-19-16(30)7-4-8-17(19)31-22-20(18)21(23(25,26)27)28-29(22)15-5-2-1-3-6-15/h1-3,5-6,9-12,18H,4,7-8H2. The van der Waals surface area contributed by atoms with E-state index in [4.69, 9.17) is 16.3 Å². The van der Waals surface area contributed by atoms with Crippen LogP contribution in [-0.2, 0) is 11.0 Å². The van der Waals surface area contributed by atoms with Gasteiger partial charge in [-0.3, -0.25) is 4.79 Å². The van der Waals surface area contributed by atoms with Gasteiger partial charge in [-0.1, -0.05) is 41.9 Å². The summed E-state index contributed by atoms with van der Waals surface area (Å²) in [5.74, 6) is -0.730. The number of hydrogen-bond acceptors (Lipinski definition) is 3. The van der Waals surface area contributed by atoms with Gasteiger partial charge < -0.3 is 4.74 Å². The maximum absolute atomic E-state index is 14.1. The van der Waals surface area contributed by atoms with Gasteiger partial charge in [0.05, 0.1) is 11.3 Å². The fourth-order valence-corrected chi connectivity index (χ4v) is 4.36. The number of hydrogen-bond donors (Lipinski definition) is 0. The van der Waals surface area contributed by atoms with Gasteiger partial charge in [-0.15, -0.1) is 0 Å². The van der Waals surface area contributed by atoms with Crippen molar-refractivity contribution in [1.29, 1.82) is 0 Å². The van der Waals surface area contributed by atoms with Crippen LogP contribution in [0.25, 0.3) is 5.69 Å². The summed E-state index contributed by atoms with van der Waals surface area (Å²) < 4.78 is 49.5. The largest absolute Gasteiger partial charge is 0.442 e. The van der Waals surface area contributed by atoms with Crippen molar-refractivity contribution >= 4 is 17.4 Å². The molecule has 158 valence electrons. The highest BCUT2D eigenvalue weighted by Crippen LogP contribution is 2.51. The van der Waals surface area contributed by atoms with E-state index >= 15 is 0 Å². The minimum Gasteiger partial charge on any atom is -0.442 e. The van der Waals surface area contributed by atoms with Crippen molar-refractivity contribution in [3.05, 3.63) is 87.8 Å². The van der Waals surface area contributed by atoms with Crippen molar-refractivity contribution in [3.8, 4) is 11.6 Å². The van der Waals surface area contributed by atoms with E-state index in [-0.39, 0.29) is 29.2 Å². The van der Waals surface area contributed by atoms with Gasteiger partial charge in [0, 0.05) is 29.4 Å². The number of nitrogens with zero attached hydrogens (tertiary/aromatic N) is 2. The van der Waals surface area contributed by atoms with Crippen LogP contribution in [0.3, 0.4) is 0 Å². The van der Waals surface area contributed by atoms with E-state index in [0.29, 0.717) is 34.9 Å². The Hall–Kier alpha value is -3.06. The molecule has 31 heavy (non-hydrogen) atoms. The van der Waals surface area contributed by atoms with Crippen molar-refractivity contribution in [2.45, 2.75) is 31.4 Å². The van der Waals surface area contributed by atoms with Crippen LogP contribution >= 0.6 is 11.6 Å². The van der Waals surface area contributed by atoms with Crippen LogP contribution < -0.4 is 4.74 Å². The molecule has 1 aliphatic carbocycles. The van der Waals surface area contributed by atoms with Crippen molar-refractivity contribution in [1.82, 2.24) is 9.78 Å². The number of benzene rings is 2. The predicted molar refractivity (Wildman–Crippen MR) is 108 cm³/mol. The van der Waals surface area contributed by atoms with Crippen LogP contribution in [0, 0.1) is 0 Å². The highest BCUT2D eigenvalue weighted by Gasteiger charge is 2.48. The Bertz CT molecular complexity index is 1200. The summed E-state index contributed by atoms with van der Waals surface area (Å²) in [6.07, 6.45) is -3.39. The zero-order valence-corrected chi connectivity index (χ0v) is 16.9. The van der Waals surface area contributed by atoms with Gasteiger partial charge in [-0.25, -0.2) is 0 Å². The first-order valence-corrected chi connectivity index (χ1v) is 10.2. The van der Waals surface area contributed by atoms with Crippen molar-refractivity contribution in [3.63, 3.8) is 0 Å². The number of Topliss-reactive ketones (excluding diaryl/α,β-unsaturated/α-hetero) is 1. The monoisotopic (exact) mass is 444 g/mol. The highest BCUT2D eigenvalue weighted by molar-refractivity contribution is 6.30. The molecule has 4 nitrogen and oxygen atoms in total. The minimum absolute atomic E-state index is 0.00748. The molecule has 0 fully saturated rings. The summed E-state index contributed by atoms with van der Waals surface area (Å²) in [6, 6.07) is 15.0. The van der Waals surface area contributed by atoms with Crippen LogP contribution in [0.2, 0.25) is 5.02 Å². The molecule has 8 heteroatoms. The number of halogens is 4. The number of carbonyl (C=O) groups is 1. The number of allylic oxidation sites excluding steroid dienone is 2. The van der Waals surface area contributed by atoms with Crippen LogP contribution in [0.1, 0.15) is 42.0 Å². The van der Waals surface area contributed by atoms with E-state index in [2.05, 4.69) is 5.10 Å². The molecule has 0 bridgehead atoms. The number of rotatable bonds is 2. The quantitative estimate of drug-likeness (QED) is 0.481. The molecule has 0 spiro atoms. The van der Waals surface area contributed by atoms with Gasteiger partial charge in [0.25, 0.3) is 0 Å². The number of para-hydroxylation sites is 1. The van der Waals surface area contributed by atoms with Crippen molar-refractivity contribution in [2.75, 3.05) is 0 Å². The number of alkyl halides is 3. The minimum atomic E-state index is -4.73. The predicted octanol–water partition coefficient (Wildman–Crippen LogP) is 6.08. The normalized spacial score (nSPS) is 18.5. The summed E-state index contributed by atoms with van der Waals surface area (Å²) in [5.41, 5.74) is 0.0492. The Morgan fingerprint density at radius 1 is 1.03 bits per heavy atom. The molecule has 0 saturated heterocycles. The SMILES string of the molecule is O=C1CCCC2=C1C(c1ccc(Cl)cc1)c1c(C(F)(F)F)nn(-c3ccccc3)c1O2. The fraction of sp³-hybridized carbons (Fsp3) is 0.217. The molecule has 1 aromatic heterocycles. The molecular weight excluding hydrogens is 429 g/mol. The molecule has 3 aromatic rings. The smallest absolute Gasteiger partial charge is 0.435 e. The van der Waals surface area contributed by atoms with Gasteiger partial charge in [0.1, 0.15) is 5.76 Å². The van der Waals surface area contributed by atoms with Gasteiger partial charge in [0.15, 0.2) is 11.5 Å². The average Bonchev–Trinajstić information content (AvgIpc) is 3.14.